The second-order valence-electron chi connectivity index (χ2n) is 2.43. The molecular formula is C8H8FNO3. The van der Waals surface area contributed by atoms with Crippen LogP contribution < -0.4 is 10.5 Å². The summed E-state index contributed by atoms with van der Waals surface area (Å²) in [5.41, 5.74) is 4.75. The van der Waals surface area contributed by atoms with Gasteiger partial charge in [0.2, 0.25) is 0 Å². The third kappa shape index (κ3) is 2.08. The molecule has 1 aromatic rings. The number of benzene rings is 1. The number of carbonyl (C=O) groups is 1. The first-order valence-electron chi connectivity index (χ1n) is 3.47. The average molecular weight is 185 g/mol. The summed E-state index contributed by atoms with van der Waals surface area (Å²) in [5, 5.41) is 9.04. The molecule has 1 aromatic carbocycles. The normalized spacial score (nSPS) is 9.69. The average Bonchev–Trinajstić information content (AvgIpc) is 1.98. The molecule has 0 radical (unpaired) electrons. The molecule has 1 rings (SSSR count). The molecule has 0 bridgehead atoms. The van der Waals surface area contributed by atoms with Crippen LogP contribution in [0.25, 0.3) is 0 Å². The summed E-state index contributed by atoms with van der Waals surface area (Å²) in [5.74, 6) is -1.94. The van der Waals surface area contributed by atoms with Crippen molar-refractivity contribution >= 4 is 11.7 Å². The van der Waals surface area contributed by atoms with Crippen molar-refractivity contribution in [2.75, 3.05) is 5.73 Å². The standard InChI is InChI=1S/C8H8FNO3/c1-4(11)13-5-2-6(9)8(10)7(12)3-5/h2-3,12H,10H2,1H3. The maximum atomic E-state index is 12.8. The highest BCUT2D eigenvalue weighted by molar-refractivity contribution is 5.70. The predicted octanol–water partition coefficient (Wildman–Crippen LogP) is 1.04. The van der Waals surface area contributed by atoms with E-state index in [1.54, 1.807) is 0 Å². The molecule has 13 heavy (non-hydrogen) atoms. The van der Waals surface area contributed by atoms with Crippen LogP contribution in [0.3, 0.4) is 0 Å². The lowest BCUT2D eigenvalue weighted by Gasteiger charge is -2.04. The van der Waals surface area contributed by atoms with Gasteiger partial charge in [0.05, 0.1) is 0 Å². The van der Waals surface area contributed by atoms with E-state index in [9.17, 15) is 9.18 Å². The first-order valence-corrected chi connectivity index (χ1v) is 3.47. The minimum Gasteiger partial charge on any atom is -0.506 e. The van der Waals surface area contributed by atoms with Crippen LogP contribution in [0.5, 0.6) is 11.5 Å². The second-order valence-corrected chi connectivity index (χ2v) is 2.43. The molecule has 70 valence electrons. The minimum atomic E-state index is -0.823. The molecule has 0 heterocycles. The van der Waals surface area contributed by atoms with E-state index >= 15 is 0 Å². The topological polar surface area (TPSA) is 72.5 Å². The van der Waals surface area contributed by atoms with Gasteiger partial charge in [0.1, 0.15) is 17.2 Å². The van der Waals surface area contributed by atoms with Crippen LogP contribution in [-0.2, 0) is 4.79 Å². The van der Waals surface area contributed by atoms with E-state index in [2.05, 4.69) is 4.74 Å². The Hall–Kier alpha value is -1.78. The Morgan fingerprint density at radius 3 is 2.69 bits per heavy atom. The van der Waals surface area contributed by atoms with E-state index in [1.165, 1.54) is 6.92 Å². The number of hydrogen-bond donors (Lipinski definition) is 2. The zero-order chi connectivity index (χ0) is 10.0. The van der Waals surface area contributed by atoms with Crippen molar-refractivity contribution in [3.63, 3.8) is 0 Å². The zero-order valence-electron chi connectivity index (χ0n) is 6.87. The molecule has 0 atom stereocenters. The number of hydrogen-bond acceptors (Lipinski definition) is 4. The van der Waals surface area contributed by atoms with Gasteiger partial charge >= 0.3 is 5.97 Å². The molecule has 0 spiro atoms. The summed E-state index contributed by atoms with van der Waals surface area (Å²) in [4.78, 5) is 10.5. The Labute approximate surface area is 73.7 Å². The van der Waals surface area contributed by atoms with Crippen LogP contribution in [0.1, 0.15) is 6.92 Å². The summed E-state index contributed by atoms with van der Waals surface area (Å²) in [6, 6.07) is 2.00. The Morgan fingerprint density at radius 2 is 2.23 bits per heavy atom. The highest BCUT2D eigenvalue weighted by Crippen LogP contribution is 2.28. The van der Waals surface area contributed by atoms with E-state index in [0.717, 1.165) is 12.1 Å². The highest BCUT2D eigenvalue weighted by atomic mass is 19.1. The van der Waals surface area contributed by atoms with Gasteiger partial charge in [-0.15, -0.1) is 0 Å². The van der Waals surface area contributed by atoms with Crippen LogP contribution >= 0.6 is 0 Å². The number of nitrogen functional groups attached to an aromatic ring is 1. The second kappa shape index (κ2) is 3.30. The van der Waals surface area contributed by atoms with Crippen LogP contribution in [0.15, 0.2) is 12.1 Å². The fourth-order valence-corrected chi connectivity index (χ4v) is 0.804. The Bertz CT molecular complexity index is 328. The van der Waals surface area contributed by atoms with Crippen molar-refractivity contribution in [3.8, 4) is 11.5 Å². The van der Waals surface area contributed by atoms with Gasteiger partial charge in [0.25, 0.3) is 0 Å². The number of esters is 1. The number of phenolic OH excluding ortho intramolecular Hbond substituents is 1. The van der Waals surface area contributed by atoms with Gasteiger partial charge in [-0.25, -0.2) is 4.39 Å². The molecule has 0 amide bonds. The van der Waals surface area contributed by atoms with Gasteiger partial charge in [-0.1, -0.05) is 0 Å². The fraction of sp³-hybridized carbons (Fsp3) is 0.125. The van der Waals surface area contributed by atoms with Gasteiger partial charge in [-0.2, -0.15) is 0 Å². The number of phenols is 1. The smallest absolute Gasteiger partial charge is 0.308 e. The summed E-state index contributed by atoms with van der Waals surface area (Å²) in [6.45, 7) is 1.17. The fourth-order valence-electron chi connectivity index (χ4n) is 0.804. The number of anilines is 1. The molecule has 0 aromatic heterocycles. The first-order chi connectivity index (χ1) is 6.00. The molecule has 3 N–H and O–H groups in total. The molecule has 0 aliphatic carbocycles. The van der Waals surface area contributed by atoms with E-state index < -0.39 is 17.5 Å². The first kappa shape index (κ1) is 9.31. The molecule has 5 heteroatoms. The van der Waals surface area contributed by atoms with Crippen molar-refractivity contribution < 1.29 is 19.0 Å². The van der Waals surface area contributed by atoms with E-state index in [4.69, 9.17) is 10.8 Å². The van der Waals surface area contributed by atoms with Crippen LogP contribution in [0.4, 0.5) is 10.1 Å². The lowest BCUT2D eigenvalue weighted by Crippen LogP contribution is -2.02. The van der Waals surface area contributed by atoms with Gasteiger partial charge < -0.3 is 15.6 Å². The molecule has 0 unspecified atom stereocenters. The lowest BCUT2D eigenvalue weighted by atomic mass is 10.2. The molecule has 0 fully saturated rings. The summed E-state index contributed by atoms with van der Waals surface area (Å²) < 4.78 is 17.4. The number of aromatic hydroxyl groups is 1. The van der Waals surface area contributed by atoms with Crippen LogP contribution in [0, 0.1) is 5.82 Å². The van der Waals surface area contributed by atoms with Gasteiger partial charge in [-0.3, -0.25) is 4.79 Å². The van der Waals surface area contributed by atoms with Crippen molar-refractivity contribution in [2.45, 2.75) is 6.92 Å². The maximum absolute atomic E-state index is 12.8. The lowest BCUT2D eigenvalue weighted by molar-refractivity contribution is -0.131. The van der Waals surface area contributed by atoms with Crippen molar-refractivity contribution in [2.24, 2.45) is 0 Å². The van der Waals surface area contributed by atoms with E-state index in [1.807, 2.05) is 0 Å². The van der Waals surface area contributed by atoms with Crippen LogP contribution in [0.2, 0.25) is 0 Å². The zero-order valence-corrected chi connectivity index (χ0v) is 6.87. The van der Waals surface area contributed by atoms with E-state index in [0.29, 0.717) is 0 Å². The maximum Gasteiger partial charge on any atom is 0.308 e. The summed E-state index contributed by atoms with van der Waals surface area (Å²) in [7, 11) is 0. The molecular weight excluding hydrogens is 177 g/mol. The number of rotatable bonds is 1. The molecule has 0 aliphatic rings. The molecule has 4 nitrogen and oxygen atoms in total. The Morgan fingerprint density at radius 1 is 1.62 bits per heavy atom. The van der Waals surface area contributed by atoms with Crippen molar-refractivity contribution in [1.29, 1.82) is 0 Å². The number of ether oxygens (including phenoxy) is 1. The predicted molar refractivity (Wildman–Crippen MR) is 43.8 cm³/mol. The Kier molecular flexibility index (Phi) is 2.36. The van der Waals surface area contributed by atoms with Gasteiger partial charge in [0.15, 0.2) is 5.82 Å². The largest absolute Gasteiger partial charge is 0.506 e. The Balaban J connectivity index is 3.06. The van der Waals surface area contributed by atoms with E-state index in [-0.39, 0.29) is 11.4 Å². The molecule has 0 saturated carbocycles. The third-order valence-electron chi connectivity index (χ3n) is 1.34. The van der Waals surface area contributed by atoms with Gasteiger partial charge in [-0.05, 0) is 0 Å². The monoisotopic (exact) mass is 185 g/mol. The SMILES string of the molecule is CC(=O)Oc1cc(O)c(N)c(F)c1. The van der Waals surface area contributed by atoms with Crippen molar-refractivity contribution in [3.05, 3.63) is 17.9 Å². The number of nitrogens with two attached hydrogens (primary N) is 1. The molecule has 0 aliphatic heterocycles. The number of carbonyl (C=O) groups excluding carboxylic acids is 1. The van der Waals surface area contributed by atoms with Crippen molar-refractivity contribution in [1.82, 2.24) is 0 Å². The minimum absolute atomic E-state index is 0.0725. The number of halogens is 1. The summed E-state index contributed by atoms with van der Waals surface area (Å²) in [6.07, 6.45) is 0. The quantitative estimate of drug-likeness (QED) is 0.297. The van der Waals surface area contributed by atoms with Gasteiger partial charge in [0, 0.05) is 19.1 Å². The third-order valence-corrected chi connectivity index (χ3v) is 1.34. The highest BCUT2D eigenvalue weighted by Gasteiger charge is 2.08. The van der Waals surface area contributed by atoms with Crippen LogP contribution in [-0.4, -0.2) is 11.1 Å². The summed E-state index contributed by atoms with van der Waals surface area (Å²) >= 11 is 0. The molecule has 0 saturated heterocycles.